The van der Waals surface area contributed by atoms with Crippen LogP contribution in [-0.2, 0) is 28.9 Å². The van der Waals surface area contributed by atoms with Crippen molar-refractivity contribution >= 4 is 38.3 Å². The van der Waals surface area contributed by atoms with Crippen LogP contribution in [0.25, 0.3) is 10.8 Å². The molecule has 9 nitrogen and oxygen atoms in total. The van der Waals surface area contributed by atoms with Crippen molar-refractivity contribution in [1.82, 2.24) is 5.48 Å². The molecule has 3 atom stereocenters. The Kier molecular flexibility index (Phi) is 6.60. The van der Waals surface area contributed by atoms with Crippen LogP contribution in [0.4, 0.5) is 10.5 Å². The largest absolute Gasteiger partial charge is 0.444 e. The maximum Gasteiger partial charge on any atom is 0.414 e. The first-order valence-electron chi connectivity index (χ1n) is 10.9. The van der Waals surface area contributed by atoms with Crippen molar-refractivity contribution in [2.24, 2.45) is 0 Å². The number of rotatable bonds is 7. The van der Waals surface area contributed by atoms with Gasteiger partial charge >= 0.3 is 6.09 Å². The summed E-state index contributed by atoms with van der Waals surface area (Å²) >= 11 is 0. The van der Waals surface area contributed by atoms with Crippen LogP contribution in [0.3, 0.4) is 0 Å². The third-order valence-electron chi connectivity index (χ3n) is 6.26. The number of hydrogen-bond donors (Lipinski definition) is 1. The number of fused-ring (bicyclic) bond motifs is 1. The van der Waals surface area contributed by atoms with Crippen molar-refractivity contribution in [1.29, 1.82) is 0 Å². The highest BCUT2D eigenvalue weighted by atomic mass is 32.2. The molecule has 2 aliphatic rings. The van der Waals surface area contributed by atoms with E-state index in [4.69, 9.17) is 14.3 Å². The molecule has 3 unspecified atom stereocenters. The SMILES string of the molecule is CC(CC1CN(c2ccc3ccccc3c2)C(=O)O1)(C(=O)NOC1CCCCO1)S(C)(=O)=O. The molecule has 0 bridgehead atoms. The molecular formula is C23H28N2O7S. The fourth-order valence-corrected chi connectivity index (χ4v) is 4.93. The molecule has 33 heavy (non-hydrogen) atoms. The van der Waals surface area contributed by atoms with Crippen LogP contribution in [0, 0.1) is 0 Å². The minimum Gasteiger partial charge on any atom is -0.444 e. The monoisotopic (exact) mass is 476 g/mol. The number of hydrogen-bond acceptors (Lipinski definition) is 7. The molecule has 4 rings (SSSR count). The number of carbonyl (C=O) groups is 2. The lowest BCUT2D eigenvalue weighted by molar-refractivity contribution is -0.201. The average molecular weight is 477 g/mol. The predicted molar refractivity (Wildman–Crippen MR) is 122 cm³/mol. The second-order valence-corrected chi connectivity index (χ2v) is 11.1. The number of nitrogens with one attached hydrogen (secondary N) is 1. The highest BCUT2D eigenvalue weighted by Crippen LogP contribution is 2.31. The van der Waals surface area contributed by atoms with Gasteiger partial charge in [0.25, 0.3) is 5.91 Å². The number of amides is 2. The van der Waals surface area contributed by atoms with E-state index in [-0.39, 0.29) is 13.0 Å². The molecule has 2 saturated heterocycles. The van der Waals surface area contributed by atoms with E-state index in [1.807, 2.05) is 42.5 Å². The Morgan fingerprint density at radius 3 is 2.67 bits per heavy atom. The number of carbonyl (C=O) groups excluding carboxylic acids is 2. The minimum atomic E-state index is -3.88. The Bertz CT molecular complexity index is 1150. The second-order valence-electron chi connectivity index (χ2n) is 8.70. The fraction of sp³-hybridized carbons (Fsp3) is 0.478. The molecule has 2 aromatic carbocycles. The molecule has 2 fully saturated rings. The molecule has 1 N–H and O–H groups in total. The summed E-state index contributed by atoms with van der Waals surface area (Å²) in [5.74, 6) is -0.820. The van der Waals surface area contributed by atoms with Gasteiger partial charge in [0, 0.05) is 31.4 Å². The lowest BCUT2D eigenvalue weighted by atomic mass is 10.0. The van der Waals surface area contributed by atoms with Gasteiger partial charge in [-0.05, 0) is 42.7 Å². The summed E-state index contributed by atoms with van der Waals surface area (Å²) in [6.45, 7) is 1.96. The van der Waals surface area contributed by atoms with E-state index in [1.54, 1.807) is 0 Å². The molecule has 2 aromatic rings. The van der Waals surface area contributed by atoms with Crippen molar-refractivity contribution in [2.45, 2.75) is 49.7 Å². The van der Waals surface area contributed by atoms with Crippen LogP contribution < -0.4 is 10.4 Å². The molecule has 178 valence electrons. The third-order valence-corrected chi connectivity index (χ3v) is 8.24. The molecule has 0 aliphatic carbocycles. The summed E-state index contributed by atoms with van der Waals surface area (Å²) in [7, 11) is -3.88. The molecule has 10 heteroatoms. The second kappa shape index (κ2) is 9.28. The van der Waals surface area contributed by atoms with E-state index in [9.17, 15) is 18.0 Å². The highest BCUT2D eigenvalue weighted by molar-refractivity contribution is 7.92. The Hall–Kier alpha value is -2.69. The van der Waals surface area contributed by atoms with Crippen LogP contribution in [0.2, 0.25) is 0 Å². The Morgan fingerprint density at radius 2 is 1.97 bits per heavy atom. The quantitative estimate of drug-likeness (QED) is 0.612. The number of sulfone groups is 1. The van der Waals surface area contributed by atoms with Crippen LogP contribution in [-0.4, -0.2) is 57.0 Å². The van der Waals surface area contributed by atoms with E-state index in [2.05, 4.69) is 5.48 Å². The van der Waals surface area contributed by atoms with Gasteiger partial charge in [-0.2, -0.15) is 0 Å². The van der Waals surface area contributed by atoms with Crippen molar-refractivity contribution in [3.63, 3.8) is 0 Å². The number of anilines is 1. The lowest BCUT2D eigenvalue weighted by Crippen LogP contribution is -2.53. The molecule has 0 saturated carbocycles. The van der Waals surface area contributed by atoms with Crippen LogP contribution in [0.15, 0.2) is 42.5 Å². The standard InChI is InChI=1S/C23H28N2O7S/c1-23(33(2,28)29,21(26)24-32-20-9-5-6-12-30-20)14-19-15-25(22(27)31-19)18-11-10-16-7-3-4-8-17(16)13-18/h3-4,7-8,10-11,13,19-20H,5-6,9,12,14-15H2,1-2H3,(H,24,26). The van der Waals surface area contributed by atoms with Crippen molar-refractivity contribution < 1.29 is 32.3 Å². The smallest absolute Gasteiger partial charge is 0.414 e. The zero-order chi connectivity index (χ0) is 23.6. The topological polar surface area (TPSA) is 111 Å². The van der Waals surface area contributed by atoms with Gasteiger partial charge in [0.1, 0.15) is 6.10 Å². The van der Waals surface area contributed by atoms with E-state index >= 15 is 0 Å². The molecule has 0 spiro atoms. The Balaban J connectivity index is 1.47. The summed E-state index contributed by atoms with van der Waals surface area (Å²) in [5, 5.41) is 2.00. The average Bonchev–Trinajstić information content (AvgIpc) is 3.16. The van der Waals surface area contributed by atoms with Gasteiger partial charge in [0.2, 0.25) is 0 Å². The summed E-state index contributed by atoms with van der Waals surface area (Å²) in [6.07, 6.45) is 1.21. The minimum absolute atomic E-state index is 0.127. The maximum atomic E-state index is 12.9. The molecule has 0 radical (unpaired) electrons. The van der Waals surface area contributed by atoms with Gasteiger partial charge in [-0.25, -0.2) is 23.5 Å². The van der Waals surface area contributed by atoms with E-state index in [0.717, 1.165) is 29.9 Å². The van der Waals surface area contributed by atoms with E-state index in [1.165, 1.54) is 11.8 Å². The first kappa shape index (κ1) is 23.5. The summed E-state index contributed by atoms with van der Waals surface area (Å²) < 4.78 is 34.2. The lowest BCUT2D eigenvalue weighted by Gasteiger charge is -2.29. The van der Waals surface area contributed by atoms with Gasteiger partial charge in [-0.15, -0.1) is 0 Å². The van der Waals surface area contributed by atoms with Gasteiger partial charge in [0.05, 0.1) is 6.54 Å². The summed E-state index contributed by atoms with van der Waals surface area (Å²) in [6, 6.07) is 13.4. The van der Waals surface area contributed by atoms with Crippen molar-refractivity contribution in [3.8, 4) is 0 Å². The van der Waals surface area contributed by atoms with Crippen LogP contribution >= 0.6 is 0 Å². The molecule has 2 aliphatic heterocycles. The van der Waals surface area contributed by atoms with Crippen molar-refractivity contribution in [3.05, 3.63) is 42.5 Å². The summed E-state index contributed by atoms with van der Waals surface area (Å²) in [4.78, 5) is 32.2. The zero-order valence-electron chi connectivity index (χ0n) is 18.7. The number of cyclic esters (lactones) is 1. The number of ether oxygens (including phenoxy) is 2. The van der Waals surface area contributed by atoms with Gasteiger partial charge in [0.15, 0.2) is 20.9 Å². The fourth-order valence-electron chi connectivity index (χ4n) is 4.06. The maximum absolute atomic E-state index is 12.9. The summed E-state index contributed by atoms with van der Waals surface area (Å²) in [5.41, 5.74) is 2.89. The van der Waals surface area contributed by atoms with E-state index < -0.39 is 39.0 Å². The molecule has 0 aromatic heterocycles. The zero-order valence-corrected chi connectivity index (χ0v) is 19.5. The Morgan fingerprint density at radius 1 is 1.21 bits per heavy atom. The molecule has 2 heterocycles. The van der Waals surface area contributed by atoms with Gasteiger partial charge in [-0.3, -0.25) is 9.69 Å². The first-order valence-corrected chi connectivity index (χ1v) is 12.8. The van der Waals surface area contributed by atoms with Gasteiger partial charge in [-0.1, -0.05) is 30.3 Å². The number of nitrogens with zero attached hydrogens (tertiary/aromatic N) is 1. The molecule has 2 amide bonds. The predicted octanol–water partition coefficient (Wildman–Crippen LogP) is 2.93. The number of hydroxylamine groups is 1. The van der Waals surface area contributed by atoms with Gasteiger partial charge < -0.3 is 9.47 Å². The van der Waals surface area contributed by atoms with Crippen LogP contribution in [0.1, 0.15) is 32.6 Å². The molecular weight excluding hydrogens is 448 g/mol. The normalized spacial score (nSPS) is 23.2. The van der Waals surface area contributed by atoms with Crippen molar-refractivity contribution in [2.75, 3.05) is 24.3 Å². The first-order chi connectivity index (χ1) is 15.7. The van der Waals surface area contributed by atoms with E-state index in [0.29, 0.717) is 18.7 Å². The highest BCUT2D eigenvalue weighted by Gasteiger charge is 2.48. The Labute approximate surface area is 192 Å². The third kappa shape index (κ3) is 4.97. The number of benzene rings is 2. The van der Waals surface area contributed by atoms with Crippen LogP contribution in [0.5, 0.6) is 0 Å².